The number of nitrogens with one attached hydrogen (secondary N) is 1. The molecule has 28 heavy (non-hydrogen) atoms. The summed E-state index contributed by atoms with van der Waals surface area (Å²) in [5.41, 5.74) is 0.770. The van der Waals surface area contributed by atoms with Crippen LogP contribution in [0.25, 0.3) is 0 Å². The number of carbonyl (C=O) groups is 4. The molecule has 0 radical (unpaired) electrons. The van der Waals surface area contributed by atoms with Gasteiger partial charge in [-0.05, 0) is 50.2 Å². The van der Waals surface area contributed by atoms with E-state index >= 15 is 0 Å². The highest BCUT2D eigenvalue weighted by molar-refractivity contribution is 6.22. The fourth-order valence-corrected chi connectivity index (χ4v) is 2.77. The Kier molecular flexibility index (Phi) is 5.21. The second kappa shape index (κ2) is 7.59. The first-order valence-electron chi connectivity index (χ1n) is 8.53. The fourth-order valence-electron chi connectivity index (χ4n) is 2.77. The molecule has 1 aliphatic heterocycles. The zero-order chi connectivity index (χ0) is 20.4. The van der Waals surface area contributed by atoms with E-state index in [2.05, 4.69) is 5.32 Å². The Bertz CT molecular complexity index is 922. The maximum atomic E-state index is 12.9. The average Bonchev–Trinajstić information content (AvgIpc) is 2.93. The van der Waals surface area contributed by atoms with Gasteiger partial charge in [-0.25, -0.2) is 9.18 Å². The molecule has 0 unspecified atom stereocenters. The van der Waals surface area contributed by atoms with Gasteiger partial charge in [-0.1, -0.05) is 12.1 Å². The highest BCUT2D eigenvalue weighted by Crippen LogP contribution is 2.25. The van der Waals surface area contributed by atoms with Crippen LogP contribution in [0.1, 0.15) is 34.6 Å². The summed E-state index contributed by atoms with van der Waals surface area (Å²) in [7, 11) is 0. The molecule has 3 amide bonds. The van der Waals surface area contributed by atoms with Crippen molar-refractivity contribution in [2.45, 2.75) is 26.0 Å². The summed E-state index contributed by atoms with van der Waals surface area (Å²) in [6.45, 7) is 2.71. The summed E-state index contributed by atoms with van der Waals surface area (Å²) in [5.74, 6) is -3.15. The Balaban J connectivity index is 1.64. The Morgan fingerprint density at radius 1 is 0.964 bits per heavy atom. The van der Waals surface area contributed by atoms with Gasteiger partial charge in [0.15, 0.2) is 6.10 Å². The number of esters is 1. The second-order valence-corrected chi connectivity index (χ2v) is 6.28. The lowest BCUT2D eigenvalue weighted by molar-refractivity contribution is -0.156. The van der Waals surface area contributed by atoms with Gasteiger partial charge in [0.1, 0.15) is 11.9 Å². The largest absolute Gasteiger partial charge is 0.451 e. The standard InChI is InChI=1S/C20H17FN2O5/c1-11(23-18(25)15-5-3-4-6-16(15)19(23)26)20(27)28-12(2)17(24)22-14-9-7-13(21)8-10-14/h3-12H,1-2H3,(H,22,24)/t11-,12-/m0/s1. The van der Waals surface area contributed by atoms with Crippen LogP contribution < -0.4 is 5.32 Å². The van der Waals surface area contributed by atoms with Crippen molar-refractivity contribution < 1.29 is 28.3 Å². The molecule has 0 bridgehead atoms. The number of anilines is 1. The Morgan fingerprint density at radius 3 is 2.04 bits per heavy atom. The van der Waals surface area contributed by atoms with E-state index in [1.54, 1.807) is 12.1 Å². The van der Waals surface area contributed by atoms with Gasteiger partial charge in [0.2, 0.25) is 0 Å². The van der Waals surface area contributed by atoms with Crippen molar-refractivity contribution in [3.05, 3.63) is 65.5 Å². The number of ether oxygens (including phenoxy) is 1. The van der Waals surface area contributed by atoms with Gasteiger partial charge in [0.25, 0.3) is 17.7 Å². The number of hydrogen-bond acceptors (Lipinski definition) is 5. The summed E-state index contributed by atoms with van der Waals surface area (Å²) in [4.78, 5) is 50.2. The first kappa shape index (κ1) is 19.2. The monoisotopic (exact) mass is 384 g/mol. The van der Waals surface area contributed by atoms with E-state index in [9.17, 15) is 23.6 Å². The van der Waals surface area contributed by atoms with Gasteiger partial charge < -0.3 is 10.1 Å². The minimum atomic E-state index is -1.20. The summed E-state index contributed by atoms with van der Waals surface area (Å²) < 4.78 is 18.0. The number of hydrogen-bond donors (Lipinski definition) is 1. The Hall–Kier alpha value is -3.55. The SMILES string of the molecule is C[C@H](OC(=O)[C@H](C)N1C(=O)c2ccccc2C1=O)C(=O)Nc1ccc(F)cc1. The van der Waals surface area contributed by atoms with E-state index in [4.69, 9.17) is 4.74 Å². The van der Waals surface area contributed by atoms with Crippen molar-refractivity contribution in [1.82, 2.24) is 4.90 Å². The van der Waals surface area contributed by atoms with Gasteiger partial charge in [-0.2, -0.15) is 0 Å². The smallest absolute Gasteiger partial charge is 0.329 e. The lowest BCUT2D eigenvalue weighted by Gasteiger charge is -2.22. The van der Waals surface area contributed by atoms with Crippen molar-refractivity contribution in [3.63, 3.8) is 0 Å². The molecular weight excluding hydrogens is 367 g/mol. The number of carbonyl (C=O) groups excluding carboxylic acids is 4. The zero-order valence-electron chi connectivity index (χ0n) is 15.1. The van der Waals surface area contributed by atoms with Gasteiger partial charge in [-0.3, -0.25) is 19.3 Å². The molecule has 2 atom stereocenters. The molecule has 0 fully saturated rings. The molecule has 0 saturated heterocycles. The van der Waals surface area contributed by atoms with Gasteiger partial charge in [0, 0.05) is 5.69 Å². The first-order chi connectivity index (χ1) is 13.3. The van der Waals surface area contributed by atoms with Crippen molar-refractivity contribution >= 4 is 29.4 Å². The molecule has 144 valence electrons. The molecule has 1 N–H and O–H groups in total. The molecular formula is C20H17FN2O5. The molecule has 0 spiro atoms. The fraction of sp³-hybridized carbons (Fsp3) is 0.200. The topological polar surface area (TPSA) is 92.8 Å². The minimum absolute atomic E-state index is 0.217. The number of halogens is 1. The lowest BCUT2D eigenvalue weighted by Crippen LogP contribution is -2.45. The van der Waals surface area contributed by atoms with E-state index in [0.717, 1.165) is 4.90 Å². The molecule has 8 heteroatoms. The maximum absolute atomic E-state index is 12.9. The average molecular weight is 384 g/mol. The predicted molar refractivity (Wildman–Crippen MR) is 97.0 cm³/mol. The van der Waals surface area contributed by atoms with Gasteiger partial charge in [0.05, 0.1) is 11.1 Å². The molecule has 1 heterocycles. The van der Waals surface area contributed by atoms with Crippen LogP contribution in [0.5, 0.6) is 0 Å². The Morgan fingerprint density at radius 2 is 1.50 bits per heavy atom. The van der Waals surface area contributed by atoms with Gasteiger partial charge >= 0.3 is 5.97 Å². The second-order valence-electron chi connectivity index (χ2n) is 6.28. The van der Waals surface area contributed by atoms with E-state index in [-0.39, 0.29) is 11.1 Å². The summed E-state index contributed by atoms with van der Waals surface area (Å²) in [5, 5.41) is 2.48. The van der Waals surface area contributed by atoms with Crippen LogP contribution in [0.2, 0.25) is 0 Å². The van der Waals surface area contributed by atoms with Crippen LogP contribution in [0.4, 0.5) is 10.1 Å². The minimum Gasteiger partial charge on any atom is -0.451 e. The summed E-state index contributed by atoms with van der Waals surface area (Å²) >= 11 is 0. The summed E-state index contributed by atoms with van der Waals surface area (Å²) in [6, 6.07) is 10.1. The number of amides is 3. The van der Waals surface area contributed by atoms with E-state index in [0.29, 0.717) is 5.69 Å². The van der Waals surface area contributed by atoms with Crippen LogP contribution in [-0.2, 0) is 14.3 Å². The quantitative estimate of drug-likeness (QED) is 0.631. The normalized spacial score (nSPS) is 15.0. The van der Waals surface area contributed by atoms with Crippen LogP contribution in [-0.4, -0.2) is 40.7 Å². The number of imide groups is 1. The predicted octanol–water partition coefficient (Wildman–Crippen LogP) is 2.38. The van der Waals surface area contributed by atoms with Crippen molar-refractivity contribution in [2.24, 2.45) is 0 Å². The first-order valence-corrected chi connectivity index (χ1v) is 8.53. The highest BCUT2D eigenvalue weighted by Gasteiger charge is 2.41. The van der Waals surface area contributed by atoms with Crippen LogP contribution >= 0.6 is 0 Å². The van der Waals surface area contributed by atoms with Crippen molar-refractivity contribution in [2.75, 3.05) is 5.32 Å². The number of rotatable bonds is 5. The third kappa shape index (κ3) is 3.62. The summed E-state index contributed by atoms with van der Waals surface area (Å²) in [6.07, 6.45) is -1.19. The number of benzene rings is 2. The lowest BCUT2D eigenvalue weighted by atomic mass is 10.1. The number of nitrogens with zero attached hydrogens (tertiary/aromatic N) is 1. The van der Waals surface area contributed by atoms with Crippen molar-refractivity contribution in [3.8, 4) is 0 Å². The third-order valence-electron chi connectivity index (χ3n) is 4.33. The third-order valence-corrected chi connectivity index (χ3v) is 4.33. The molecule has 0 aliphatic carbocycles. The zero-order valence-corrected chi connectivity index (χ0v) is 15.1. The van der Waals surface area contributed by atoms with E-state index < -0.39 is 41.7 Å². The van der Waals surface area contributed by atoms with Crippen LogP contribution in [0.15, 0.2) is 48.5 Å². The molecule has 0 saturated carbocycles. The Labute approximate surface area is 160 Å². The molecule has 1 aliphatic rings. The van der Waals surface area contributed by atoms with Crippen LogP contribution in [0, 0.1) is 5.82 Å². The number of fused-ring (bicyclic) bond motifs is 1. The molecule has 0 aromatic heterocycles. The molecule has 2 aromatic rings. The van der Waals surface area contributed by atoms with Gasteiger partial charge in [-0.15, -0.1) is 0 Å². The van der Waals surface area contributed by atoms with Crippen molar-refractivity contribution in [1.29, 1.82) is 0 Å². The maximum Gasteiger partial charge on any atom is 0.329 e. The molecule has 3 rings (SSSR count). The highest BCUT2D eigenvalue weighted by atomic mass is 19.1. The molecule has 7 nitrogen and oxygen atoms in total. The molecule has 2 aromatic carbocycles. The van der Waals surface area contributed by atoms with E-state index in [1.165, 1.54) is 50.2 Å². The van der Waals surface area contributed by atoms with Crippen LogP contribution in [0.3, 0.4) is 0 Å². The van der Waals surface area contributed by atoms with E-state index in [1.807, 2.05) is 0 Å².